The minimum absolute atomic E-state index is 0.452. The monoisotopic (exact) mass is 280 g/mol. The highest BCUT2D eigenvalue weighted by Crippen LogP contribution is 2.20. The van der Waals surface area contributed by atoms with Crippen LogP contribution >= 0.6 is 11.3 Å². The molecule has 1 aliphatic rings. The second-order valence-corrected chi connectivity index (χ2v) is 5.48. The molecule has 1 aliphatic heterocycles. The van der Waals surface area contributed by atoms with Crippen LogP contribution in [0.5, 0.6) is 0 Å². The number of nitrogen functional groups attached to an aromatic ring is 1. The molecule has 0 saturated carbocycles. The predicted octanol–water partition coefficient (Wildman–Crippen LogP) is 1.41. The Balaban J connectivity index is 1.77. The standard InChI is InChI=1S/C10H15F3N4S/c11-10(12,13)7-17-3-1-16(2-4-17)6-8-5-15-9(14)18-8/h5H,1-4,6-7H2,(H2,14,15). The molecule has 1 aromatic rings. The van der Waals surface area contributed by atoms with Crippen molar-refractivity contribution in [1.82, 2.24) is 14.8 Å². The van der Waals surface area contributed by atoms with Gasteiger partial charge in [0.2, 0.25) is 0 Å². The number of piperazine rings is 1. The third-order valence-corrected chi connectivity index (χ3v) is 3.63. The van der Waals surface area contributed by atoms with E-state index in [0.717, 1.165) is 4.88 Å². The Morgan fingerprint density at radius 3 is 2.33 bits per heavy atom. The number of nitrogens with zero attached hydrogens (tertiary/aromatic N) is 3. The summed E-state index contributed by atoms with van der Waals surface area (Å²) in [5.41, 5.74) is 5.53. The molecule has 0 atom stereocenters. The molecule has 2 N–H and O–H groups in total. The lowest BCUT2D eigenvalue weighted by molar-refractivity contribution is -0.149. The van der Waals surface area contributed by atoms with Crippen molar-refractivity contribution in [1.29, 1.82) is 0 Å². The van der Waals surface area contributed by atoms with Gasteiger partial charge in [-0.2, -0.15) is 13.2 Å². The molecule has 2 heterocycles. The molecule has 0 unspecified atom stereocenters. The summed E-state index contributed by atoms with van der Waals surface area (Å²) >= 11 is 1.42. The van der Waals surface area contributed by atoms with Gasteiger partial charge in [0, 0.05) is 43.8 Å². The first-order valence-electron chi connectivity index (χ1n) is 5.64. The lowest BCUT2D eigenvalue weighted by atomic mass is 10.3. The van der Waals surface area contributed by atoms with Gasteiger partial charge in [0.15, 0.2) is 5.13 Å². The number of anilines is 1. The van der Waals surface area contributed by atoms with Gasteiger partial charge in [-0.3, -0.25) is 9.80 Å². The molecular weight excluding hydrogens is 265 g/mol. The first kappa shape index (κ1) is 13.6. The Labute approximate surface area is 107 Å². The van der Waals surface area contributed by atoms with E-state index in [2.05, 4.69) is 9.88 Å². The summed E-state index contributed by atoms with van der Waals surface area (Å²) in [4.78, 5) is 8.58. The lowest BCUT2D eigenvalue weighted by Gasteiger charge is -2.34. The average Bonchev–Trinajstić information content (AvgIpc) is 2.65. The molecule has 102 valence electrons. The van der Waals surface area contributed by atoms with Crippen LogP contribution in [0.2, 0.25) is 0 Å². The average molecular weight is 280 g/mol. The topological polar surface area (TPSA) is 45.4 Å². The molecule has 1 aromatic heterocycles. The van der Waals surface area contributed by atoms with Crippen LogP contribution in [0.25, 0.3) is 0 Å². The predicted molar refractivity (Wildman–Crippen MR) is 64.3 cm³/mol. The smallest absolute Gasteiger partial charge is 0.375 e. The Kier molecular flexibility index (Phi) is 4.08. The van der Waals surface area contributed by atoms with E-state index in [4.69, 9.17) is 5.73 Å². The zero-order valence-electron chi connectivity index (χ0n) is 9.78. The Morgan fingerprint density at radius 2 is 1.83 bits per heavy atom. The van der Waals surface area contributed by atoms with Crippen LogP contribution < -0.4 is 5.73 Å². The van der Waals surface area contributed by atoms with Gasteiger partial charge in [-0.05, 0) is 0 Å². The Morgan fingerprint density at radius 1 is 1.22 bits per heavy atom. The van der Waals surface area contributed by atoms with Crippen LogP contribution in [0.1, 0.15) is 4.88 Å². The van der Waals surface area contributed by atoms with Gasteiger partial charge >= 0.3 is 6.18 Å². The summed E-state index contributed by atoms with van der Waals surface area (Å²) in [5.74, 6) is 0. The highest BCUT2D eigenvalue weighted by molar-refractivity contribution is 7.15. The van der Waals surface area contributed by atoms with Crippen LogP contribution in [0.15, 0.2) is 6.20 Å². The second kappa shape index (κ2) is 5.41. The van der Waals surface area contributed by atoms with E-state index in [1.807, 2.05) is 0 Å². The number of halogens is 3. The summed E-state index contributed by atoms with van der Waals surface area (Å²) < 4.78 is 36.6. The van der Waals surface area contributed by atoms with Crippen molar-refractivity contribution in [2.45, 2.75) is 12.7 Å². The maximum absolute atomic E-state index is 12.2. The highest BCUT2D eigenvalue weighted by Gasteiger charge is 2.32. The van der Waals surface area contributed by atoms with Crippen molar-refractivity contribution in [2.24, 2.45) is 0 Å². The molecule has 8 heteroatoms. The summed E-state index contributed by atoms with van der Waals surface area (Å²) in [5, 5.41) is 0.528. The molecule has 1 fully saturated rings. The lowest BCUT2D eigenvalue weighted by Crippen LogP contribution is -2.48. The van der Waals surface area contributed by atoms with Crippen LogP contribution in [-0.4, -0.2) is 53.7 Å². The van der Waals surface area contributed by atoms with Crippen molar-refractivity contribution in [3.8, 4) is 0 Å². The number of rotatable bonds is 3. The van der Waals surface area contributed by atoms with Crippen LogP contribution in [0, 0.1) is 0 Å². The van der Waals surface area contributed by atoms with Crippen LogP contribution in [0.4, 0.5) is 18.3 Å². The normalized spacial score (nSPS) is 19.3. The second-order valence-electron chi connectivity index (χ2n) is 4.33. The fraction of sp³-hybridized carbons (Fsp3) is 0.700. The number of thiazole rings is 1. The summed E-state index contributed by atoms with van der Waals surface area (Å²) in [6, 6.07) is 0. The van der Waals surface area contributed by atoms with E-state index in [-0.39, 0.29) is 0 Å². The fourth-order valence-electron chi connectivity index (χ4n) is 1.98. The third kappa shape index (κ3) is 4.11. The van der Waals surface area contributed by atoms with E-state index < -0.39 is 12.7 Å². The first-order chi connectivity index (χ1) is 8.42. The SMILES string of the molecule is Nc1ncc(CN2CCN(CC(F)(F)F)CC2)s1. The molecule has 0 bridgehead atoms. The van der Waals surface area contributed by atoms with Crippen molar-refractivity contribution in [2.75, 3.05) is 38.5 Å². The number of hydrogen-bond acceptors (Lipinski definition) is 5. The molecule has 1 saturated heterocycles. The van der Waals surface area contributed by atoms with Gasteiger partial charge in [-0.1, -0.05) is 0 Å². The van der Waals surface area contributed by atoms with Gasteiger partial charge < -0.3 is 5.73 Å². The molecule has 0 amide bonds. The van der Waals surface area contributed by atoms with Crippen molar-refractivity contribution < 1.29 is 13.2 Å². The molecule has 4 nitrogen and oxygen atoms in total. The largest absolute Gasteiger partial charge is 0.401 e. The van der Waals surface area contributed by atoms with E-state index in [1.54, 1.807) is 6.20 Å². The van der Waals surface area contributed by atoms with Gasteiger partial charge in [0.05, 0.1) is 6.54 Å². The molecule has 0 aliphatic carbocycles. The molecule has 0 radical (unpaired) electrons. The van der Waals surface area contributed by atoms with Crippen LogP contribution in [-0.2, 0) is 6.54 Å². The third-order valence-electron chi connectivity index (χ3n) is 2.82. The highest BCUT2D eigenvalue weighted by atomic mass is 32.1. The van der Waals surface area contributed by atoms with E-state index in [0.29, 0.717) is 37.9 Å². The zero-order valence-corrected chi connectivity index (χ0v) is 10.6. The van der Waals surface area contributed by atoms with Crippen LogP contribution in [0.3, 0.4) is 0 Å². The van der Waals surface area contributed by atoms with Crippen molar-refractivity contribution in [3.63, 3.8) is 0 Å². The summed E-state index contributed by atoms with van der Waals surface area (Å²) in [6.07, 6.45) is -2.38. The van der Waals surface area contributed by atoms with E-state index >= 15 is 0 Å². The fourth-order valence-corrected chi connectivity index (χ4v) is 2.70. The number of nitrogens with two attached hydrogens (primary N) is 1. The molecular formula is C10H15F3N4S. The Hall–Kier alpha value is -0.860. The molecule has 0 spiro atoms. The summed E-state index contributed by atoms with van der Waals surface area (Å²) in [6.45, 7) is 2.10. The van der Waals surface area contributed by atoms with Gasteiger partial charge in [-0.25, -0.2) is 4.98 Å². The summed E-state index contributed by atoms with van der Waals surface area (Å²) in [7, 11) is 0. The molecule has 2 rings (SSSR count). The van der Waals surface area contributed by atoms with Gasteiger partial charge in [0.1, 0.15) is 0 Å². The van der Waals surface area contributed by atoms with E-state index in [1.165, 1.54) is 16.2 Å². The maximum Gasteiger partial charge on any atom is 0.401 e. The quantitative estimate of drug-likeness (QED) is 0.909. The van der Waals surface area contributed by atoms with Crippen molar-refractivity contribution >= 4 is 16.5 Å². The number of hydrogen-bond donors (Lipinski definition) is 1. The Bertz CT molecular complexity index is 385. The maximum atomic E-state index is 12.2. The minimum atomic E-state index is -4.10. The van der Waals surface area contributed by atoms with Gasteiger partial charge in [-0.15, -0.1) is 11.3 Å². The van der Waals surface area contributed by atoms with E-state index in [9.17, 15) is 13.2 Å². The van der Waals surface area contributed by atoms with Gasteiger partial charge in [0.25, 0.3) is 0 Å². The molecule has 18 heavy (non-hydrogen) atoms. The number of aromatic nitrogens is 1. The zero-order chi connectivity index (χ0) is 13.2. The number of alkyl halides is 3. The molecule has 0 aromatic carbocycles. The minimum Gasteiger partial charge on any atom is -0.375 e. The first-order valence-corrected chi connectivity index (χ1v) is 6.46. The van der Waals surface area contributed by atoms with Crippen molar-refractivity contribution in [3.05, 3.63) is 11.1 Å².